The van der Waals surface area contributed by atoms with Gasteiger partial charge in [-0.2, -0.15) is 4.72 Å². The number of rotatable bonds is 7. The minimum absolute atomic E-state index is 0.0202. The Morgan fingerprint density at radius 2 is 1.83 bits per heavy atom. The van der Waals surface area contributed by atoms with Crippen molar-refractivity contribution in [2.75, 3.05) is 6.61 Å². The van der Waals surface area contributed by atoms with E-state index in [1.54, 1.807) is 48.5 Å². The predicted octanol–water partition coefficient (Wildman–Crippen LogP) is 3.44. The molecule has 1 aliphatic heterocycles. The standard InChI is InChI=1S/C21H20ClNO5S2/c22-16-8-6-14(7-9-16)17-10-11-18(29-17)30(27,28)23-21(19(25)26)12-20(21,13-24)15-4-2-1-3-5-15/h1-9,11,17,23-24H,10,12-13H2,(H,25,26). The molecule has 2 aromatic rings. The quantitative estimate of drug-likeness (QED) is 0.578. The van der Waals surface area contributed by atoms with Crippen LogP contribution in [0, 0.1) is 0 Å². The third-order valence-electron chi connectivity index (χ3n) is 5.79. The lowest BCUT2D eigenvalue weighted by atomic mass is 9.91. The Labute approximate surface area is 184 Å². The first-order valence-corrected chi connectivity index (χ1v) is 12.0. The van der Waals surface area contributed by atoms with E-state index in [-0.39, 0.29) is 15.9 Å². The number of aliphatic hydroxyl groups excluding tert-OH is 1. The Morgan fingerprint density at radius 3 is 2.43 bits per heavy atom. The van der Waals surface area contributed by atoms with Crippen molar-refractivity contribution in [1.29, 1.82) is 0 Å². The maximum absolute atomic E-state index is 13.1. The summed E-state index contributed by atoms with van der Waals surface area (Å²) in [6.07, 6.45) is 2.09. The zero-order chi connectivity index (χ0) is 21.6. The number of aliphatic carboxylic acids is 1. The zero-order valence-corrected chi connectivity index (χ0v) is 18.2. The maximum Gasteiger partial charge on any atom is 0.325 e. The number of halogens is 1. The molecule has 0 saturated heterocycles. The van der Waals surface area contributed by atoms with E-state index >= 15 is 0 Å². The molecule has 4 rings (SSSR count). The molecule has 0 amide bonds. The van der Waals surface area contributed by atoms with E-state index in [9.17, 15) is 23.4 Å². The van der Waals surface area contributed by atoms with Crippen LogP contribution in [-0.2, 0) is 20.2 Å². The second-order valence-electron chi connectivity index (χ2n) is 7.52. The van der Waals surface area contributed by atoms with Crippen molar-refractivity contribution in [2.45, 2.75) is 29.0 Å². The number of nitrogens with one attached hydrogen (secondary N) is 1. The van der Waals surface area contributed by atoms with Crippen LogP contribution in [0.3, 0.4) is 0 Å². The molecule has 0 aromatic heterocycles. The summed E-state index contributed by atoms with van der Waals surface area (Å²) in [5.41, 5.74) is -1.46. The number of carboxylic acids is 1. The van der Waals surface area contributed by atoms with Crippen molar-refractivity contribution in [3.63, 3.8) is 0 Å². The highest BCUT2D eigenvalue weighted by Gasteiger charge is 2.74. The van der Waals surface area contributed by atoms with E-state index in [2.05, 4.69) is 4.72 Å². The van der Waals surface area contributed by atoms with Crippen molar-refractivity contribution in [1.82, 2.24) is 4.72 Å². The number of aliphatic hydroxyl groups is 1. The van der Waals surface area contributed by atoms with Crippen LogP contribution in [0.5, 0.6) is 0 Å². The molecule has 1 saturated carbocycles. The summed E-state index contributed by atoms with van der Waals surface area (Å²) in [7, 11) is -4.08. The lowest BCUT2D eigenvalue weighted by Crippen LogP contribution is -2.49. The average molecular weight is 466 g/mol. The number of benzene rings is 2. The van der Waals surface area contributed by atoms with Gasteiger partial charge in [-0.05, 0) is 36.1 Å². The molecule has 0 radical (unpaired) electrons. The van der Waals surface area contributed by atoms with E-state index in [0.29, 0.717) is 17.0 Å². The van der Waals surface area contributed by atoms with Gasteiger partial charge in [-0.15, -0.1) is 11.8 Å². The molecular formula is C21H20ClNO5S2. The Bertz CT molecular complexity index is 1100. The molecule has 2 aliphatic rings. The van der Waals surface area contributed by atoms with Crippen LogP contribution < -0.4 is 4.72 Å². The number of thioether (sulfide) groups is 1. The van der Waals surface area contributed by atoms with E-state index in [1.807, 2.05) is 12.1 Å². The first-order chi connectivity index (χ1) is 14.2. The molecule has 0 spiro atoms. The molecule has 2 aromatic carbocycles. The minimum atomic E-state index is -4.08. The first-order valence-electron chi connectivity index (χ1n) is 9.30. The van der Waals surface area contributed by atoms with Crippen LogP contribution >= 0.6 is 23.4 Å². The Balaban J connectivity index is 1.58. The lowest BCUT2D eigenvalue weighted by molar-refractivity contribution is -0.141. The first kappa shape index (κ1) is 21.4. The lowest BCUT2D eigenvalue weighted by Gasteiger charge is -2.23. The number of hydrogen-bond donors (Lipinski definition) is 3. The van der Waals surface area contributed by atoms with Crippen molar-refractivity contribution < 1.29 is 23.4 Å². The van der Waals surface area contributed by atoms with Crippen LogP contribution in [0.4, 0.5) is 0 Å². The van der Waals surface area contributed by atoms with E-state index < -0.39 is 33.6 Å². The van der Waals surface area contributed by atoms with Gasteiger partial charge in [0.05, 0.1) is 12.0 Å². The van der Waals surface area contributed by atoms with Crippen LogP contribution in [0.1, 0.15) is 29.2 Å². The van der Waals surface area contributed by atoms with Crippen molar-refractivity contribution >= 4 is 39.4 Å². The van der Waals surface area contributed by atoms with Crippen molar-refractivity contribution in [3.8, 4) is 0 Å². The highest BCUT2D eigenvalue weighted by Crippen LogP contribution is 2.58. The SMILES string of the molecule is O=C(O)C1(NS(=O)(=O)C2=CCC(c3ccc(Cl)cc3)S2)CC1(CO)c1ccccc1. The average Bonchev–Trinajstić information content (AvgIpc) is 3.12. The second kappa shape index (κ2) is 7.69. The van der Waals surface area contributed by atoms with Crippen molar-refractivity contribution in [2.24, 2.45) is 0 Å². The van der Waals surface area contributed by atoms with Gasteiger partial charge in [0.25, 0.3) is 0 Å². The summed E-state index contributed by atoms with van der Waals surface area (Å²) in [4.78, 5) is 12.2. The van der Waals surface area contributed by atoms with Gasteiger partial charge in [-0.1, -0.05) is 60.1 Å². The van der Waals surface area contributed by atoms with Crippen LogP contribution in [0.25, 0.3) is 0 Å². The van der Waals surface area contributed by atoms with E-state index in [0.717, 1.165) is 5.56 Å². The fourth-order valence-electron chi connectivity index (χ4n) is 4.03. The molecule has 0 bridgehead atoms. The predicted molar refractivity (Wildman–Crippen MR) is 117 cm³/mol. The molecule has 6 nitrogen and oxygen atoms in total. The summed E-state index contributed by atoms with van der Waals surface area (Å²) >= 11 is 7.09. The molecule has 158 valence electrons. The summed E-state index contributed by atoms with van der Waals surface area (Å²) in [5.74, 6) is -1.30. The van der Waals surface area contributed by atoms with Crippen LogP contribution in [0.15, 0.2) is 64.9 Å². The number of hydrogen-bond acceptors (Lipinski definition) is 5. The van der Waals surface area contributed by atoms with Gasteiger partial charge in [0, 0.05) is 10.3 Å². The Morgan fingerprint density at radius 1 is 1.17 bits per heavy atom. The molecule has 3 unspecified atom stereocenters. The van der Waals surface area contributed by atoms with Crippen molar-refractivity contribution in [3.05, 3.63) is 81.1 Å². The number of carbonyl (C=O) groups is 1. The third-order valence-corrected chi connectivity index (χ3v) is 9.45. The molecule has 30 heavy (non-hydrogen) atoms. The summed E-state index contributed by atoms with van der Waals surface area (Å²) in [6, 6.07) is 15.9. The second-order valence-corrected chi connectivity index (χ2v) is 11.1. The summed E-state index contributed by atoms with van der Waals surface area (Å²) < 4.78 is 28.7. The minimum Gasteiger partial charge on any atom is -0.480 e. The smallest absolute Gasteiger partial charge is 0.325 e. The number of sulfonamides is 1. The molecule has 1 aliphatic carbocycles. The van der Waals surface area contributed by atoms with Gasteiger partial charge in [-0.25, -0.2) is 8.42 Å². The third kappa shape index (κ3) is 3.46. The van der Waals surface area contributed by atoms with Gasteiger partial charge in [0.1, 0.15) is 9.78 Å². The van der Waals surface area contributed by atoms with Crippen LogP contribution in [0.2, 0.25) is 5.02 Å². The number of allylic oxidation sites excluding steroid dienone is 1. The fourth-order valence-corrected chi connectivity index (χ4v) is 7.32. The van der Waals surface area contributed by atoms with Crippen LogP contribution in [-0.4, -0.2) is 36.7 Å². The van der Waals surface area contributed by atoms with E-state index in [1.165, 1.54) is 11.8 Å². The molecule has 9 heteroatoms. The Kier molecular flexibility index (Phi) is 5.48. The van der Waals surface area contributed by atoms with Gasteiger partial charge in [0.2, 0.25) is 10.0 Å². The van der Waals surface area contributed by atoms with E-state index in [4.69, 9.17) is 11.6 Å². The van der Waals surface area contributed by atoms with Gasteiger partial charge < -0.3 is 10.2 Å². The molecule has 3 atom stereocenters. The topological polar surface area (TPSA) is 104 Å². The molecule has 1 heterocycles. The monoisotopic (exact) mass is 465 g/mol. The van der Waals surface area contributed by atoms with Gasteiger partial charge in [0.15, 0.2) is 0 Å². The van der Waals surface area contributed by atoms with Gasteiger partial charge >= 0.3 is 5.97 Å². The highest BCUT2D eigenvalue weighted by molar-refractivity contribution is 8.18. The summed E-state index contributed by atoms with van der Waals surface area (Å²) in [5, 5.41) is 20.5. The largest absolute Gasteiger partial charge is 0.480 e. The summed E-state index contributed by atoms with van der Waals surface area (Å²) in [6.45, 7) is -0.481. The highest BCUT2D eigenvalue weighted by atomic mass is 35.5. The van der Waals surface area contributed by atoms with Gasteiger partial charge in [-0.3, -0.25) is 4.79 Å². The maximum atomic E-state index is 13.1. The fraction of sp³-hybridized carbons (Fsp3) is 0.286. The normalized spacial score (nSPS) is 28.2. The number of carboxylic acid groups (broad SMARTS) is 1. The molecule has 3 N–H and O–H groups in total. The molecular weight excluding hydrogens is 446 g/mol. The Hall–Kier alpha value is -1.84. The zero-order valence-electron chi connectivity index (χ0n) is 15.8. The molecule has 1 fully saturated rings.